The third kappa shape index (κ3) is 4.27. The van der Waals surface area contributed by atoms with Crippen molar-refractivity contribution in [2.75, 3.05) is 18.0 Å². The van der Waals surface area contributed by atoms with Gasteiger partial charge in [0.2, 0.25) is 11.8 Å². The molecule has 1 N–H and O–H groups in total. The number of nitrogens with zero attached hydrogens (tertiary/aromatic N) is 1. The number of anilines is 1. The van der Waals surface area contributed by atoms with E-state index in [4.69, 9.17) is 0 Å². The van der Waals surface area contributed by atoms with E-state index in [1.54, 1.807) is 4.90 Å². The summed E-state index contributed by atoms with van der Waals surface area (Å²) >= 11 is 0. The van der Waals surface area contributed by atoms with Crippen LogP contribution in [0.15, 0.2) is 60.7 Å². The lowest BCUT2D eigenvalue weighted by molar-refractivity contribution is -0.126. The van der Waals surface area contributed by atoms with Gasteiger partial charge in [-0.1, -0.05) is 55.5 Å². The fourth-order valence-corrected chi connectivity index (χ4v) is 3.25. The molecule has 0 spiro atoms. The van der Waals surface area contributed by atoms with Crippen molar-refractivity contribution in [1.29, 1.82) is 0 Å². The van der Waals surface area contributed by atoms with Crippen molar-refractivity contribution < 1.29 is 9.59 Å². The van der Waals surface area contributed by atoms with E-state index in [1.165, 1.54) is 5.56 Å². The third-order valence-electron chi connectivity index (χ3n) is 4.81. The summed E-state index contributed by atoms with van der Waals surface area (Å²) in [7, 11) is 0. The average Bonchev–Trinajstić information content (AvgIpc) is 3.05. The minimum Gasteiger partial charge on any atom is -0.356 e. The minimum atomic E-state index is -0.264. The Balaban J connectivity index is 1.48. The molecule has 2 atom stereocenters. The number of benzene rings is 2. The number of hydrogen-bond donors (Lipinski definition) is 1. The van der Waals surface area contributed by atoms with Crippen LogP contribution >= 0.6 is 0 Å². The number of nitrogens with one attached hydrogen (secondary N) is 1. The number of hydrogen-bond acceptors (Lipinski definition) is 2. The normalized spacial score (nSPS) is 18.2. The lowest BCUT2D eigenvalue weighted by atomic mass is 9.98. The molecule has 1 heterocycles. The van der Waals surface area contributed by atoms with Gasteiger partial charge in [-0.05, 0) is 30.0 Å². The average molecular weight is 336 g/mol. The molecule has 0 bridgehead atoms. The van der Waals surface area contributed by atoms with Crippen LogP contribution in [0.25, 0.3) is 0 Å². The van der Waals surface area contributed by atoms with E-state index < -0.39 is 0 Å². The first kappa shape index (κ1) is 17.2. The Morgan fingerprint density at radius 2 is 1.76 bits per heavy atom. The van der Waals surface area contributed by atoms with Crippen LogP contribution < -0.4 is 10.2 Å². The first-order valence-corrected chi connectivity index (χ1v) is 8.83. The van der Waals surface area contributed by atoms with E-state index in [0.29, 0.717) is 19.0 Å². The maximum absolute atomic E-state index is 12.4. The summed E-state index contributed by atoms with van der Waals surface area (Å²) in [6.45, 7) is 3.26. The van der Waals surface area contributed by atoms with Crippen LogP contribution in [-0.4, -0.2) is 24.9 Å². The summed E-state index contributed by atoms with van der Waals surface area (Å²) in [5, 5.41) is 3.00. The topological polar surface area (TPSA) is 49.4 Å². The Kier molecular flexibility index (Phi) is 5.49. The number of para-hydroxylation sites is 1. The molecule has 0 aliphatic carbocycles. The molecule has 1 aliphatic rings. The predicted molar refractivity (Wildman–Crippen MR) is 99.4 cm³/mol. The Hall–Kier alpha value is -2.62. The second kappa shape index (κ2) is 7.97. The van der Waals surface area contributed by atoms with Gasteiger partial charge in [0.05, 0.1) is 5.92 Å². The first-order valence-electron chi connectivity index (χ1n) is 8.83. The van der Waals surface area contributed by atoms with E-state index in [0.717, 1.165) is 12.1 Å². The molecule has 4 nitrogen and oxygen atoms in total. The van der Waals surface area contributed by atoms with Crippen LogP contribution in [-0.2, 0) is 9.59 Å². The zero-order chi connectivity index (χ0) is 17.6. The highest BCUT2D eigenvalue weighted by atomic mass is 16.2. The van der Waals surface area contributed by atoms with Crippen molar-refractivity contribution >= 4 is 17.5 Å². The Morgan fingerprint density at radius 1 is 1.12 bits per heavy atom. The zero-order valence-corrected chi connectivity index (χ0v) is 14.5. The molecule has 0 saturated carbocycles. The van der Waals surface area contributed by atoms with Crippen molar-refractivity contribution in [2.24, 2.45) is 5.92 Å². The monoisotopic (exact) mass is 336 g/mol. The van der Waals surface area contributed by atoms with Gasteiger partial charge in [-0.25, -0.2) is 0 Å². The van der Waals surface area contributed by atoms with E-state index in [2.05, 4.69) is 24.4 Å². The molecule has 2 aromatic carbocycles. The van der Waals surface area contributed by atoms with E-state index in [-0.39, 0.29) is 24.2 Å². The highest BCUT2D eigenvalue weighted by Gasteiger charge is 2.34. The van der Waals surface area contributed by atoms with Crippen LogP contribution in [0, 0.1) is 5.92 Å². The van der Waals surface area contributed by atoms with Gasteiger partial charge in [-0.3, -0.25) is 9.59 Å². The fourth-order valence-electron chi connectivity index (χ4n) is 3.25. The van der Waals surface area contributed by atoms with Gasteiger partial charge < -0.3 is 10.2 Å². The van der Waals surface area contributed by atoms with Gasteiger partial charge in [-0.15, -0.1) is 0 Å². The molecule has 2 unspecified atom stereocenters. The first-order chi connectivity index (χ1) is 12.1. The minimum absolute atomic E-state index is 0.0176. The molecule has 2 amide bonds. The smallest absolute Gasteiger partial charge is 0.227 e. The second-order valence-corrected chi connectivity index (χ2v) is 6.63. The Bertz CT molecular complexity index is 715. The summed E-state index contributed by atoms with van der Waals surface area (Å²) in [5.74, 6) is 0.128. The molecule has 1 fully saturated rings. The van der Waals surface area contributed by atoms with Crippen molar-refractivity contribution in [3.8, 4) is 0 Å². The van der Waals surface area contributed by atoms with E-state index in [9.17, 15) is 9.59 Å². The van der Waals surface area contributed by atoms with Gasteiger partial charge in [0.15, 0.2) is 0 Å². The highest BCUT2D eigenvalue weighted by molar-refractivity contribution is 6.00. The van der Waals surface area contributed by atoms with Crippen molar-refractivity contribution in [2.45, 2.75) is 25.7 Å². The molecule has 130 valence electrons. The maximum atomic E-state index is 12.4. The molecular formula is C21H24N2O2. The Labute approximate surface area is 148 Å². The molecule has 1 aliphatic heterocycles. The lowest BCUT2D eigenvalue weighted by Crippen LogP contribution is -2.33. The van der Waals surface area contributed by atoms with Crippen LogP contribution in [0.3, 0.4) is 0 Å². The molecule has 0 aromatic heterocycles. The van der Waals surface area contributed by atoms with Gasteiger partial charge >= 0.3 is 0 Å². The number of rotatable bonds is 6. The van der Waals surface area contributed by atoms with Gasteiger partial charge in [0, 0.05) is 25.2 Å². The summed E-state index contributed by atoms with van der Waals surface area (Å²) < 4.78 is 0. The summed E-state index contributed by atoms with van der Waals surface area (Å²) in [6, 6.07) is 19.8. The standard InChI is InChI=1S/C21H24N2O2/c1-16(17-8-4-2-5-9-17)12-13-22-21(25)18-14-20(24)23(15-18)19-10-6-3-7-11-19/h2-11,16,18H,12-15H2,1H3,(H,22,25). The van der Waals surface area contributed by atoms with Crippen molar-refractivity contribution in [1.82, 2.24) is 5.32 Å². The molecule has 25 heavy (non-hydrogen) atoms. The second-order valence-electron chi connectivity index (χ2n) is 6.63. The predicted octanol–water partition coefficient (Wildman–Crippen LogP) is 3.35. The summed E-state index contributed by atoms with van der Waals surface area (Å²) in [5.41, 5.74) is 2.14. The lowest BCUT2D eigenvalue weighted by Gasteiger charge is -2.17. The Morgan fingerprint density at radius 3 is 2.44 bits per heavy atom. The molecule has 1 saturated heterocycles. The van der Waals surface area contributed by atoms with Gasteiger partial charge in [-0.2, -0.15) is 0 Å². The third-order valence-corrected chi connectivity index (χ3v) is 4.81. The van der Waals surface area contributed by atoms with E-state index in [1.807, 2.05) is 48.5 Å². The van der Waals surface area contributed by atoms with Crippen LogP contribution in [0.4, 0.5) is 5.69 Å². The van der Waals surface area contributed by atoms with Crippen LogP contribution in [0.1, 0.15) is 31.2 Å². The van der Waals surface area contributed by atoms with E-state index >= 15 is 0 Å². The maximum Gasteiger partial charge on any atom is 0.227 e. The molecule has 2 aromatic rings. The van der Waals surface area contributed by atoms with Gasteiger partial charge in [0.1, 0.15) is 0 Å². The number of carbonyl (C=O) groups is 2. The van der Waals surface area contributed by atoms with Crippen molar-refractivity contribution in [3.63, 3.8) is 0 Å². The quantitative estimate of drug-likeness (QED) is 0.879. The van der Waals surface area contributed by atoms with Crippen LogP contribution in [0.5, 0.6) is 0 Å². The summed E-state index contributed by atoms with van der Waals surface area (Å²) in [4.78, 5) is 26.3. The van der Waals surface area contributed by atoms with Crippen LogP contribution in [0.2, 0.25) is 0 Å². The zero-order valence-electron chi connectivity index (χ0n) is 14.5. The molecule has 0 radical (unpaired) electrons. The largest absolute Gasteiger partial charge is 0.356 e. The number of amides is 2. The highest BCUT2D eigenvalue weighted by Crippen LogP contribution is 2.25. The molecule has 3 rings (SSSR count). The van der Waals surface area contributed by atoms with Gasteiger partial charge in [0.25, 0.3) is 0 Å². The molecule has 4 heteroatoms. The van der Waals surface area contributed by atoms with Crippen molar-refractivity contribution in [3.05, 3.63) is 66.2 Å². The summed E-state index contributed by atoms with van der Waals surface area (Å²) in [6.07, 6.45) is 1.17. The fraction of sp³-hybridized carbons (Fsp3) is 0.333. The molecular weight excluding hydrogens is 312 g/mol. The SMILES string of the molecule is CC(CCNC(=O)C1CC(=O)N(c2ccccc2)C1)c1ccccc1. The number of carbonyl (C=O) groups excluding carboxylic acids is 2.